The first-order chi connectivity index (χ1) is 14.3. The lowest BCUT2D eigenvalue weighted by Crippen LogP contribution is -2.29. The lowest BCUT2D eigenvalue weighted by molar-refractivity contribution is -0.479. The summed E-state index contributed by atoms with van der Waals surface area (Å²) in [6.45, 7) is 4.58. The molecule has 1 fully saturated rings. The minimum atomic E-state index is 1.07. The Kier molecular flexibility index (Phi) is 3.77. The third-order valence-corrected chi connectivity index (χ3v) is 6.57. The van der Waals surface area contributed by atoms with E-state index in [1.807, 2.05) is 0 Å². The summed E-state index contributed by atoms with van der Waals surface area (Å²) in [6, 6.07) is 22.8. The fourth-order valence-corrected chi connectivity index (χ4v) is 4.97. The highest BCUT2D eigenvalue weighted by molar-refractivity contribution is 5.88. The summed E-state index contributed by atoms with van der Waals surface area (Å²) >= 11 is 0. The van der Waals surface area contributed by atoms with E-state index in [4.69, 9.17) is 0 Å². The van der Waals surface area contributed by atoms with Gasteiger partial charge in [0.15, 0.2) is 5.52 Å². The Labute approximate surface area is 170 Å². The first-order valence-corrected chi connectivity index (χ1v) is 10.9. The molecular formula is C26H26N3+. The molecular weight excluding hydrogens is 354 g/mol. The summed E-state index contributed by atoms with van der Waals surface area (Å²) < 4.78 is 4.73. The Hall–Kier alpha value is -3.07. The maximum atomic E-state index is 2.54. The summed E-state index contributed by atoms with van der Waals surface area (Å²) in [4.78, 5) is 2.54. The third-order valence-electron chi connectivity index (χ3n) is 6.57. The molecule has 0 atom stereocenters. The molecule has 0 radical (unpaired) electrons. The van der Waals surface area contributed by atoms with Crippen LogP contribution < -0.4 is 9.30 Å². The zero-order valence-electron chi connectivity index (χ0n) is 16.9. The molecule has 3 nitrogen and oxygen atoms in total. The van der Waals surface area contributed by atoms with Crippen LogP contribution in [0.5, 0.6) is 0 Å². The number of aryl methyl sites for hydroxylation is 1. The van der Waals surface area contributed by atoms with Crippen molar-refractivity contribution in [3.05, 3.63) is 72.4 Å². The van der Waals surface area contributed by atoms with Crippen molar-refractivity contribution in [2.45, 2.75) is 32.6 Å². The van der Waals surface area contributed by atoms with Gasteiger partial charge in [0.25, 0.3) is 5.65 Å². The molecule has 3 heteroatoms. The topological polar surface area (TPSA) is 11.8 Å². The second-order valence-corrected chi connectivity index (χ2v) is 8.32. The summed E-state index contributed by atoms with van der Waals surface area (Å²) in [7, 11) is 0. The summed E-state index contributed by atoms with van der Waals surface area (Å²) in [5, 5.41) is 2.61. The van der Waals surface area contributed by atoms with Crippen molar-refractivity contribution in [3.8, 4) is 0 Å². The van der Waals surface area contributed by atoms with Gasteiger partial charge in [-0.05, 0) is 79.8 Å². The number of nitrogens with zero attached hydrogens (tertiary/aromatic N) is 3. The van der Waals surface area contributed by atoms with Crippen molar-refractivity contribution in [2.24, 2.45) is 0 Å². The van der Waals surface area contributed by atoms with Crippen LogP contribution in [0.25, 0.3) is 33.0 Å². The van der Waals surface area contributed by atoms with Crippen LogP contribution in [0.2, 0.25) is 0 Å². The number of pyridine rings is 2. The highest BCUT2D eigenvalue weighted by Gasteiger charge is 2.18. The van der Waals surface area contributed by atoms with Gasteiger partial charge in [-0.3, -0.25) is 0 Å². The lowest BCUT2D eigenvalue weighted by Gasteiger charge is -2.28. The number of fused-ring (bicyclic) bond motifs is 7. The highest BCUT2D eigenvalue weighted by atomic mass is 15.1. The van der Waals surface area contributed by atoms with Gasteiger partial charge in [0, 0.05) is 35.6 Å². The van der Waals surface area contributed by atoms with Crippen molar-refractivity contribution < 1.29 is 4.40 Å². The van der Waals surface area contributed by atoms with Gasteiger partial charge in [0.1, 0.15) is 17.2 Å². The van der Waals surface area contributed by atoms with Crippen molar-refractivity contribution in [2.75, 3.05) is 18.0 Å². The van der Waals surface area contributed by atoms with Gasteiger partial charge >= 0.3 is 0 Å². The maximum absolute atomic E-state index is 2.54. The third kappa shape index (κ3) is 2.61. The normalized spacial score (nSPS) is 15.1. The molecule has 1 aliphatic rings. The summed E-state index contributed by atoms with van der Waals surface area (Å²) in [5.41, 5.74) is 7.73. The highest BCUT2D eigenvalue weighted by Crippen LogP contribution is 2.27. The van der Waals surface area contributed by atoms with E-state index in [1.54, 1.807) is 0 Å². The number of rotatable bonds is 2. The number of anilines is 1. The zero-order chi connectivity index (χ0) is 19.4. The van der Waals surface area contributed by atoms with Crippen LogP contribution >= 0.6 is 0 Å². The molecule has 5 aromatic rings. The number of imidazole rings is 1. The molecule has 0 aliphatic carbocycles. The van der Waals surface area contributed by atoms with E-state index in [0.29, 0.717) is 0 Å². The van der Waals surface area contributed by atoms with Crippen molar-refractivity contribution >= 4 is 38.7 Å². The first kappa shape index (κ1) is 16.8. The molecule has 0 N–H and O–H groups in total. The Balaban J connectivity index is 1.58. The second kappa shape index (κ2) is 6.48. The van der Waals surface area contributed by atoms with E-state index >= 15 is 0 Å². The van der Waals surface area contributed by atoms with Crippen LogP contribution in [0.3, 0.4) is 0 Å². The molecule has 29 heavy (non-hydrogen) atoms. The molecule has 0 bridgehead atoms. The van der Waals surface area contributed by atoms with Gasteiger partial charge in [0.05, 0.1) is 0 Å². The molecule has 1 aliphatic heterocycles. The summed E-state index contributed by atoms with van der Waals surface area (Å²) in [5.74, 6) is 0. The number of hydrogen-bond donors (Lipinski definition) is 0. The number of benzene rings is 2. The van der Waals surface area contributed by atoms with Crippen LogP contribution in [0, 0.1) is 0 Å². The molecule has 6 rings (SSSR count). The molecule has 0 spiro atoms. The minimum Gasteiger partial charge on any atom is -0.372 e. The minimum absolute atomic E-state index is 1.07. The Morgan fingerprint density at radius 1 is 0.828 bits per heavy atom. The average molecular weight is 381 g/mol. The van der Waals surface area contributed by atoms with E-state index in [1.165, 1.54) is 76.6 Å². The lowest BCUT2D eigenvalue weighted by atomic mass is 10.1. The van der Waals surface area contributed by atoms with E-state index in [0.717, 1.165) is 6.42 Å². The zero-order valence-corrected chi connectivity index (χ0v) is 16.9. The maximum Gasteiger partial charge on any atom is 0.292 e. The Morgan fingerprint density at radius 2 is 1.69 bits per heavy atom. The quantitative estimate of drug-likeness (QED) is 0.366. The fraction of sp³-hybridized carbons (Fsp3) is 0.269. The van der Waals surface area contributed by atoms with Crippen molar-refractivity contribution in [1.29, 1.82) is 0 Å². The Bertz CT molecular complexity index is 1370. The van der Waals surface area contributed by atoms with Gasteiger partial charge in [-0.1, -0.05) is 13.0 Å². The van der Waals surface area contributed by atoms with Crippen molar-refractivity contribution in [3.63, 3.8) is 0 Å². The van der Waals surface area contributed by atoms with Crippen LogP contribution in [-0.4, -0.2) is 17.5 Å². The van der Waals surface area contributed by atoms with Gasteiger partial charge in [-0.15, -0.1) is 0 Å². The van der Waals surface area contributed by atoms with Gasteiger partial charge in [-0.2, -0.15) is 8.80 Å². The van der Waals surface area contributed by atoms with Crippen LogP contribution in [-0.2, 0) is 6.42 Å². The second-order valence-electron chi connectivity index (χ2n) is 8.32. The standard InChI is InChI=1S/C26H26N3/c1-2-19-6-11-24-20(16-19)8-13-26-28(24)18-23-9-7-21-17-22(10-12-25(21)29(23)26)27-14-4-3-5-15-27/h6-13,16-18H,2-5,14-15H2,1H3/q+1. The van der Waals surface area contributed by atoms with Crippen molar-refractivity contribution in [1.82, 2.24) is 4.40 Å². The number of aromatic nitrogens is 2. The molecule has 1 saturated heterocycles. The molecule has 144 valence electrons. The average Bonchev–Trinajstić information content (AvgIpc) is 3.18. The smallest absolute Gasteiger partial charge is 0.292 e. The molecule has 3 aromatic heterocycles. The SMILES string of the molecule is CCc1ccc2c(ccc3n4c(ccc5cc(N6CCCCC6)ccc54)c[n+]23)c1. The molecule has 0 unspecified atom stereocenters. The van der Waals surface area contributed by atoms with E-state index in [2.05, 4.69) is 87.5 Å². The van der Waals surface area contributed by atoms with Gasteiger partial charge in [-0.25, -0.2) is 0 Å². The number of piperidine rings is 1. The van der Waals surface area contributed by atoms with Crippen LogP contribution in [0.1, 0.15) is 31.7 Å². The summed E-state index contributed by atoms with van der Waals surface area (Å²) in [6.07, 6.45) is 7.32. The van der Waals surface area contributed by atoms with E-state index in [-0.39, 0.29) is 0 Å². The predicted molar refractivity (Wildman–Crippen MR) is 121 cm³/mol. The largest absolute Gasteiger partial charge is 0.372 e. The van der Waals surface area contributed by atoms with Crippen LogP contribution in [0.4, 0.5) is 5.69 Å². The molecule has 0 saturated carbocycles. The van der Waals surface area contributed by atoms with Gasteiger partial charge < -0.3 is 4.90 Å². The van der Waals surface area contributed by atoms with Crippen LogP contribution in [0.15, 0.2) is 66.9 Å². The molecule has 4 heterocycles. The predicted octanol–water partition coefficient (Wildman–Crippen LogP) is 5.54. The first-order valence-electron chi connectivity index (χ1n) is 10.9. The van der Waals surface area contributed by atoms with E-state index < -0.39 is 0 Å². The molecule has 2 aromatic carbocycles. The monoisotopic (exact) mass is 380 g/mol. The Morgan fingerprint density at radius 3 is 2.55 bits per heavy atom. The van der Waals surface area contributed by atoms with E-state index in [9.17, 15) is 0 Å². The fourth-order valence-electron chi connectivity index (χ4n) is 4.97. The van der Waals surface area contributed by atoms with Gasteiger partial charge in [0.2, 0.25) is 0 Å². The number of hydrogen-bond acceptors (Lipinski definition) is 1. The molecule has 0 amide bonds.